The van der Waals surface area contributed by atoms with E-state index in [1.807, 2.05) is 12.1 Å². The van der Waals surface area contributed by atoms with Gasteiger partial charge in [-0.15, -0.1) is 0 Å². The van der Waals surface area contributed by atoms with Crippen molar-refractivity contribution in [3.63, 3.8) is 0 Å². The lowest BCUT2D eigenvalue weighted by Crippen LogP contribution is -2.10. The highest BCUT2D eigenvalue weighted by atomic mass is 19.4. The van der Waals surface area contributed by atoms with Crippen molar-refractivity contribution in [3.8, 4) is 0 Å². The Balaban J connectivity index is 1.58. The van der Waals surface area contributed by atoms with Gasteiger partial charge in [-0.05, 0) is 54.3 Å². The van der Waals surface area contributed by atoms with Crippen LogP contribution in [0.4, 0.5) is 19.0 Å². The van der Waals surface area contributed by atoms with Gasteiger partial charge in [-0.25, -0.2) is 0 Å². The molecule has 0 fully saturated rings. The molecule has 3 aromatic rings. The number of hydrogen-bond acceptors (Lipinski definition) is 3. The molecule has 2 heterocycles. The second-order valence-electron chi connectivity index (χ2n) is 6.46. The van der Waals surface area contributed by atoms with Gasteiger partial charge in [0.1, 0.15) is 0 Å². The fourth-order valence-electron chi connectivity index (χ4n) is 2.71. The van der Waals surface area contributed by atoms with Crippen LogP contribution in [0.5, 0.6) is 0 Å². The lowest BCUT2D eigenvalue weighted by molar-refractivity contribution is -0.137. The fourth-order valence-corrected chi connectivity index (χ4v) is 2.71. The Hall–Kier alpha value is -3.42. The number of rotatable bonds is 6. The van der Waals surface area contributed by atoms with E-state index in [0.29, 0.717) is 23.5 Å². The summed E-state index contributed by atoms with van der Waals surface area (Å²) in [6, 6.07) is 10.2. The molecular formula is C21H19F3N4O. The van der Waals surface area contributed by atoms with Crippen LogP contribution in [-0.4, -0.2) is 20.7 Å². The van der Waals surface area contributed by atoms with Gasteiger partial charge >= 0.3 is 6.18 Å². The monoisotopic (exact) mass is 400 g/mol. The van der Waals surface area contributed by atoms with Crippen molar-refractivity contribution < 1.29 is 18.0 Å². The summed E-state index contributed by atoms with van der Waals surface area (Å²) in [5, 5.41) is 6.96. The van der Waals surface area contributed by atoms with Gasteiger partial charge in [-0.2, -0.15) is 18.3 Å². The van der Waals surface area contributed by atoms with E-state index in [0.717, 1.165) is 24.1 Å². The average molecular weight is 400 g/mol. The Morgan fingerprint density at radius 3 is 2.45 bits per heavy atom. The van der Waals surface area contributed by atoms with Gasteiger partial charge in [0.05, 0.1) is 5.56 Å². The number of hydrogen-bond donors (Lipinski definition) is 1. The maximum absolute atomic E-state index is 12.6. The number of aryl methyl sites for hydroxylation is 2. The van der Waals surface area contributed by atoms with E-state index in [4.69, 9.17) is 0 Å². The van der Waals surface area contributed by atoms with E-state index in [2.05, 4.69) is 15.4 Å². The van der Waals surface area contributed by atoms with Crippen molar-refractivity contribution in [2.75, 3.05) is 5.32 Å². The van der Waals surface area contributed by atoms with E-state index in [-0.39, 0.29) is 0 Å². The van der Waals surface area contributed by atoms with Crippen LogP contribution in [0.3, 0.4) is 0 Å². The first-order chi connectivity index (χ1) is 13.8. The molecule has 0 spiro atoms. The molecular weight excluding hydrogens is 381 g/mol. The highest BCUT2D eigenvalue weighted by molar-refractivity contribution is 6.03. The molecule has 0 atom stereocenters. The highest BCUT2D eigenvalue weighted by Crippen LogP contribution is 2.30. The van der Waals surface area contributed by atoms with E-state index in [1.165, 1.54) is 18.2 Å². The molecule has 1 N–H and O–H groups in total. The number of nitrogens with zero attached hydrogens (tertiary/aromatic N) is 3. The number of amides is 1. The Bertz CT molecular complexity index is 993. The minimum Gasteiger partial charge on any atom is -0.306 e. The number of halogens is 3. The van der Waals surface area contributed by atoms with Crippen molar-refractivity contribution in [3.05, 3.63) is 83.8 Å². The first kappa shape index (κ1) is 20.3. The van der Waals surface area contributed by atoms with E-state index < -0.39 is 17.6 Å². The van der Waals surface area contributed by atoms with Gasteiger partial charge in [0, 0.05) is 37.3 Å². The molecule has 5 nitrogen and oxygen atoms in total. The number of benzene rings is 1. The van der Waals surface area contributed by atoms with E-state index in [9.17, 15) is 18.0 Å². The normalized spacial score (nSPS) is 12.1. The smallest absolute Gasteiger partial charge is 0.306 e. The van der Waals surface area contributed by atoms with Gasteiger partial charge < -0.3 is 5.32 Å². The topological polar surface area (TPSA) is 59.8 Å². The van der Waals surface area contributed by atoms with E-state index >= 15 is 0 Å². The van der Waals surface area contributed by atoms with Crippen LogP contribution in [-0.2, 0) is 23.9 Å². The van der Waals surface area contributed by atoms with Crippen molar-refractivity contribution in [2.24, 2.45) is 0 Å². The molecule has 0 aliphatic heterocycles. The third kappa shape index (κ3) is 5.78. The lowest BCUT2D eigenvalue weighted by Gasteiger charge is -2.08. The van der Waals surface area contributed by atoms with Crippen LogP contribution >= 0.6 is 0 Å². The summed E-state index contributed by atoms with van der Waals surface area (Å²) in [7, 11) is 0. The molecule has 1 amide bonds. The molecule has 0 radical (unpaired) electrons. The van der Waals surface area contributed by atoms with Crippen LogP contribution in [0, 0.1) is 0 Å². The van der Waals surface area contributed by atoms with Gasteiger partial charge in [0.15, 0.2) is 5.82 Å². The van der Waals surface area contributed by atoms with Crippen molar-refractivity contribution in [1.29, 1.82) is 0 Å². The molecule has 3 rings (SSSR count). The van der Waals surface area contributed by atoms with Gasteiger partial charge in [-0.3, -0.25) is 14.5 Å². The molecule has 2 aromatic heterocycles. The maximum Gasteiger partial charge on any atom is 0.416 e. The average Bonchev–Trinajstić information content (AvgIpc) is 3.13. The first-order valence-electron chi connectivity index (χ1n) is 8.90. The first-order valence-corrected chi connectivity index (χ1v) is 8.90. The fraction of sp³-hybridized carbons (Fsp3) is 0.190. The van der Waals surface area contributed by atoms with Crippen molar-refractivity contribution in [2.45, 2.75) is 26.1 Å². The summed E-state index contributed by atoms with van der Waals surface area (Å²) in [6.45, 7) is 2.32. The van der Waals surface area contributed by atoms with Crippen LogP contribution in [0.15, 0.2) is 67.1 Å². The molecule has 1 aromatic carbocycles. The standard InChI is InChI=1S/C21H19F3N4O/c1-15(17-2-4-18(5-3-17)21(22,23)24)14-20(29)26-19-9-13-28(27-19)12-8-16-6-10-25-11-7-16/h2-7,9-11,13-14H,8,12H2,1H3,(H,26,27,29). The zero-order chi connectivity index (χ0) is 20.9. The number of pyridine rings is 1. The molecule has 29 heavy (non-hydrogen) atoms. The van der Waals surface area contributed by atoms with Gasteiger partial charge in [0.2, 0.25) is 5.91 Å². The van der Waals surface area contributed by atoms with Gasteiger partial charge in [-0.1, -0.05) is 12.1 Å². The number of carbonyl (C=O) groups excluding carboxylic acids is 1. The predicted molar refractivity (Wildman–Crippen MR) is 104 cm³/mol. The third-order valence-corrected chi connectivity index (χ3v) is 4.29. The van der Waals surface area contributed by atoms with Gasteiger partial charge in [0.25, 0.3) is 0 Å². The number of anilines is 1. The Labute approximate surface area is 165 Å². The Morgan fingerprint density at radius 2 is 1.79 bits per heavy atom. The van der Waals surface area contributed by atoms with Crippen LogP contribution in [0.25, 0.3) is 5.57 Å². The predicted octanol–water partition coefficient (Wildman–Crippen LogP) is 4.58. The van der Waals surface area contributed by atoms with Crippen LogP contribution < -0.4 is 5.32 Å². The number of aromatic nitrogens is 3. The van der Waals surface area contributed by atoms with E-state index in [1.54, 1.807) is 36.3 Å². The summed E-state index contributed by atoms with van der Waals surface area (Å²) >= 11 is 0. The third-order valence-electron chi connectivity index (χ3n) is 4.29. The second-order valence-corrected chi connectivity index (χ2v) is 6.46. The SMILES string of the molecule is CC(=CC(=O)Nc1ccn(CCc2ccncc2)n1)c1ccc(C(F)(F)F)cc1. The highest BCUT2D eigenvalue weighted by Gasteiger charge is 2.29. The number of carbonyl (C=O) groups is 1. The minimum atomic E-state index is -4.39. The molecule has 0 unspecified atom stereocenters. The summed E-state index contributed by atoms with van der Waals surface area (Å²) in [5.74, 6) is 0.00276. The summed E-state index contributed by atoms with van der Waals surface area (Å²) < 4.78 is 39.6. The largest absolute Gasteiger partial charge is 0.416 e. The molecule has 8 heteroatoms. The zero-order valence-electron chi connectivity index (χ0n) is 15.6. The summed E-state index contributed by atoms with van der Waals surface area (Å²) in [5.41, 5.74) is 1.50. The molecule has 150 valence electrons. The van der Waals surface area contributed by atoms with Crippen LogP contribution in [0.2, 0.25) is 0 Å². The molecule has 0 aliphatic carbocycles. The maximum atomic E-state index is 12.6. The number of alkyl halides is 3. The molecule has 0 saturated carbocycles. The number of nitrogens with one attached hydrogen (secondary N) is 1. The van der Waals surface area contributed by atoms with Crippen LogP contribution in [0.1, 0.15) is 23.6 Å². The zero-order valence-corrected chi connectivity index (χ0v) is 15.6. The molecule has 0 aliphatic rings. The van der Waals surface area contributed by atoms with Crippen molar-refractivity contribution in [1.82, 2.24) is 14.8 Å². The second kappa shape index (κ2) is 8.72. The summed E-state index contributed by atoms with van der Waals surface area (Å²) in [4.78, 5) is 16.2. The number of allylic oxidation sites excluding steroid dienone is 1. The Morgan fingerprint density at radius 1 is 1.10 bits per heavy atom. The summed E-state index contributed by atoms with van der Waals surface area (Å²) in [6.07, 6.45) is 2.96. The lowest BCUT2D eigenvalue weighted by atomic mass is 10.0. The quantitative estimate of drug-likeness (QED) is 0.616. The molecule has 0 saturated heterocycles. The Kier molecular flexibility index (Phi) is 6.11. The molecule has 0 bridgehead atoms. The van der Waals surface area contributed by atoms with Crippen molar-refractivity contribution >= 4 is 17.3 Å². The minimum absolute atomic E-state index is 0.401.